The highest BCUT2D eigenvalue weighted by molar-refractivity contribution is 5.33. The summed E-state index contributed by atoms with van der Waals surface area (Å²) < 4.78 is 0. The topological polar surface area (TPSA) is 29.4 Å². The van der Waals surface area contributed by atoms with Gasteiger partial charge in [0.25, 0.3) is 0 Å². The lowest BCUT2D eigenvalue weighted by molar-refractivity contribution is 0.551. The molecule has 0 saturated heterocycles. The highest BCUT2D eigenvalue weighted by Crippen LogP contribution is 2.01. The zero-order chi connectivity index (χ0) is 7.11. The molecule has 9 heavy (non-hydrogen) atoms. The first-order valence-electron chi connectivity index (χ1n) is 3.38. The molecule has 0 aliphatic heterocycles. The Kier molecular flexibility index (Phi) is 5.14. The summed E-state index contributed by atoms with van der Waals surface area (Å²) in [4.78, 5) is 13.2. The Balaban J connectivity index is 3.26. The minimum atomic E-state index is 0.169. The molecule has 0 fully saturated rings. The highest BCUT2D eigenvalue weighted by Gasteiger charge is 1.94. The molecule has 0 bridgehead atoms. The number of carbonyl (C=O) groups excluding carboxylic acids is 1. The third-order valence-electron chi connectivity index (χ3n) is 1.25. The molecule has 52 valence electrons. The van der Waals surface area contributed by atoms with Gasteiger partial charge in [0.1, 0.15) is 0 Å². The molecule has 0 rings (SSSR count). The van der Waals surface area contributed by atoms with Crippen LogP contribution in [0.5, 0.6) is 0 Å². The number of unbranched alkanes of at least 4 members (excludes halogenated alkanes) is 1. The molecule has 0 heterocycles. The molecule has 1 unspecified atom stereocenters. The Hall–Kier alpha value is -0.620. The molecule has 1 atom stereocenters. The molecule has 0 aliphatic rings. The summed E-state index contributed by atoms with van der Waals surface area (Å²) in [5.74, 6) is 0. The van der Waals surface area contributed by atoms with Gasteiger partial charge in [-0.25, -0.2) is 9.79 Å². The third-order valence-corrected chi connectivity index (χ3v) is 1.25. The van der Waals surface area contributed by atoms with Crippen LogP contribution in [0.3, 0.4) is 0 Å². The first-order chi connectivity index (χ1) is 4.31. The predicted octanol–water partition coefficient (Wildman–Crippen LogP) is 1.90. The fourth-order valence-corrected chi connectivity index (χ4v) is 0.654. The molecular weight excluding hydrogens is 114 g/mol. The van der Waals surface area contributed by atoms with Gasteiger partial charge < -0.3 is 0 Å². The molecule has 2 heteroatoms. The summed E-state index contributed by atoms with van der Waals surface area (Å²) in [5.41, 5.74) is 0. The van der Waals surface area contributed by atoms with Gasteiger partial charge in [0, 0.05) is 0 Å². The van der Waals surface area contributed by atoms with E-state index in [-0.39, 0.29) is 6.04 Å². The van der Waals surface area contributed by atoms with Gasteiger partial charge in [0.05, 0.1) is 6.04 Å². The first kappa shape index (κ1) is 8.38. The predicted molar refractivity (Wildman–Crippen MR) is 37.1 cm³/mol. The van der Waals surface area contributed by atoms with Crippen molar-refractivity contribution >= 4 is 6.08 Å². The lowest BCUT2D eigenvalue weighted by atomic mass is 10.2. The van der Waals surface area contributed by atoms with Crippen molar-refractivity contribution in [2.75, 3.05) is 0 Å². The second-order valence-corrected chi connectivity index (χ2v) is 2.21. The Morgan fingerprint density at radius 2 is 2.33 bits per heavy atom. The minimum Gasteiger partial charge on any atom is -0.211 e. The molecule has 0 radical (unpaired) electrons. The van der Waals surface area contributed by atoms with Crippen LogP contribution in [0, 0.1) is 0 Å². The van der Waals surface area contributed by atoms with E-state index in [1.54, 1.807) is 6.08 Å². The standard InChI is InChI=1S/C7H13NO/c1-3-4-5-7(2)8-6-9/h7H,3-5H2,1-2H3. The molecule has 0 aliphatic carbocycles. The lowest BCUT2D eigenvalue weighted by Gasteiger charge is -1.99. The van der Waals surface area contributed by atoms with Crippen molar-refractivity contribution in [3.8, 4) is 0 Å². The Bertz CT molecular complexity index is 105. The third kappa shape index (κ3) is 5.25. The van der Waals surface area contributed by atoms with Crippen LogP contribution in [0.25, 0.3) is 0 Å². The minimum absolute atomic E-state index is 0.169. The van der Waals surface area contributed by atoms with Gasteiger partial charge >= 0.3 is 0 Å². The van der Waals surface area contributed by atoms with Crippen LogP contribution < -0.4 is 0 Å². The van der Waals surface area contributed by atoms with E-state index in [1.807, 2.05) is 6.92 Å². The number of hydrogen-bond donors (Lipinski definition) is 0. The Morgan fingerprint density at radius 1 is 1.67 bits per heavy atom. The highest BCUT2D eigenvalue weighted by atomic mass is 16.1. The Labute approximate surface area is 56.0 Å². The molecule has 0 spiro atoms. The first-order valence-corrected chi connectivity index (χ1v) is 3.38. The largest absolute Gasteiger partial charge is 0.235 e. The van der Waals surface area contributed by atoms with Crippen LogP contribution in [0.2, 0.25) is 0 Å². The summed E-state index contributed by atoms with van der Waals surface area (Å²) in [6, 6.07) is 0.169. The van der Waals surface area contributed by atoms with Gasteiger partial charge in [-0.05, 0) is 13.3 Å². The molecule has 0 saturated carbocycles. The molecule has 0 N–H and O–H groups in total. The van der Waals surface area contributed by atoms with Crippen molar-refractivity contribution in [1.29, 1.82) is 0 Å². The van der Waals surface area contributed by atoms with Crippen molar-refractivity contribution in [1.82, 2.24) is 0 Å². The monoisotopic (exact) mass is 127 g/mol. The van der Waals surface area contributed by atoms with Crippen molar-refractivity contribution in [2.45, 2.75) is 39.2 Å². The quantitative estimate of drug-likeness (QED) is 0.419. The summed E-state index contributed by atoms with van der Waals surface area (Å²) in [6.45, 7) is 4.05. The van der Waals surface area contributed by atoms with E-state index < -0.39 is 0 Å². The van der Waals surface area contributed by atoms with Crippen molar-refractivity contribution in [2.24, 2.45) is 4.99 Å². The smallest absolute Gasteiger partial charge is 0.211 e. The van der Waals surface area contributed by atoms with Gasteiger partial charge in [-0.15, -0.1) is 0 Å². The van der Waals surface area contributed by atoms with E-state index in [9.17, 15) is 4.79 Å². The van der Waals surface area contributed by atoms with Crippen molar-refractivity contribution in [3.05, 3.63) is 0 Å². The number of aliphatic imine (C=N–C) groups is 1. The van der Waals surface area contributed by atoms with E-state index >= 15 is 0 Å². The average molecular weight is 127 g/mol. The molecule has 2 nitrogen and oxygen atoms in total. The number of isocyanates is 1. The van der Waals surface area contributed by atoms with Crippen molar-refractivity contribution in [3.63, 3.8) is 0 Å². The van der Waals surface area contributed by atoms with Gasteiger partial charge in [-0.2, -0.15) is 0 Å². The van der Waals surface area contributed by atoms with E-state index in [4.69, 9.17) is 0 Å². The maximum atomic E-state index is 9.69. The fourth-order valence-electron chi connectivity index (χ4n) is 0.654. The van der Waals surface area contributed by atoms with Crippen molar-refractivity contribution < 1.29 is 4.79 Å². The second kappa shape index (κ2) is 5.52. The summed E-state index contributed by atoms with van der Waals surface area (Å²) in [7, 11) is 0. The number of rotatable bonds is 4. The van der Waals surface area contributed by atoms with Crippen LogP contribution in [0.4, 0.5) is 0 Å². The van der Waals surface area contributed by atoms with Gasteiger partial charge in [-0.3, -0.25) is 0 Å². The normalized spacial score (nSPS) is 12.2. The van der Waals surface area contributed by atoms with E-state index in [0.29, 0.717) is 0 Å². The van der Waals surface area contributed by atoms with Gasteiger partial charge in [-0.1, -0.05) is 19.8 Å². The van der Waals surface area contributed by atoms with Crippen LogP contribution in [0.15, 0.2) is 4.99 Å². The zero-order valence-corrected chi connectivity index (χ0v) is 6.05. The lowest BCUT2D eigenvalue weighted by Crippen LogP contribution is -1.95. The molecular formula is C7H13NO. The SMILES string of the molecule is CCCCC(C)N=C=O. The molecule has 0 aromatic heterocycles. The van der Waals surface area contributed by atoms with Gasteiger partial charge in [0.2, 0.25) is 6.08 Å². The number of nitrogens with zero attached hydrogens (tertiary/aromatic N) is 1. The summed E-state index contributed by atoms with van der Waals surface area (Å²) >= 11 is 0. The summed E-state index contributed by atoms with van der Waals surface area (Å²) in [6.07, 6.45) is 4.87. The van der Waals surface area contributed by atoms with E-state index in [1.165, 1.54) is 6.42 Å². The fraction of sp³-hybridized carbons (Fsp3) is 0.857. The van der Waals surface area contributed by atoms with Crippen LogP contribution in [0.1, 0.15) is 33.1 Å². The van der Waals surface area contributed by atoms with Crippen LogP contribution in [-0.2, 0) is 4.79 Å². The van der Waals surface area contributed by atoms with E-state index in [0.717, 1.165) is 12.8 Å². The molecule has 0 aromatic carbocycles. The number of hydrogen-bond acceptors (Lipinski definition) is 2. The molecule has 0 amide bonds. The average Bonchev–Trinajstić information content (AvgIpc) is 1.85. The second-order valence-electron chi connectivity index (χ2n) is 2.21. The van der Waals surface area contributed by atoms with Gasteiger partial charge in [0.15, 0.2) is 0 Å². The summed E-state index contributed by atoms with van der Waals surface area (Å²) in [5, 5.41) is 0. The van der Waals surface area contributed by atoms with Crippen LogP contribution >= 0.6 is 0 Å². The maximum absolute atomic E-state index is 9.69. The van der Waals surface area contributed by atoms with Crippen LogP contribution in [-0.4, -0.2) is 12.1 Å². The van der Waals surface area contributed by atoms with E-state index in [2.05, 4.69) is 11.9 Å². The zero-order valence-electron chi connectivity index (χ0n) is 6.05. The molecule has 0 aromatic rings. The maximum Gasteiger partial charge on any atom is 0.235 e. The Morgan fingerprint density at radius 3 is 2.78 bits per heavy atom.